The van der Waals surface area contributed by atoms with Gasteiger partial charge in [-0.25, -0.2) is 0 Å². The summed E-state index contributed by atoms with van der Waals surface area (Å²) in [6, 6.07) is 5.18. The molecule has 0 saturated carbocycles. The fourth-order valence-electron chi connectivity index (χ4n) is 2.53. The fraction of sp³-hybridized carbons (Fsp3) is 0.533. The molecule has 0 spiro atoms. The van der Waals surface area contributed by atoms with E-state index in [1.54, 1.807) is 0 Å². The van der Waals surface area contributed by atoms with Gasteiger partial charge in [0.05, 0.1) is 0 Å². The number of carboxylic acid groups (broad SMARTS) is 1. The molecule has 1 N–H and O–H groups in total. The van der Waals surface area contributed by atoms with Crippen LogP contribution in [0.1, 0.15) is 24.8 Å². The number of ether oxygens (including phenoxy) is 1. The molecule has 1 unspecified atom stereocenters. The lowest BCUT2D eigenvalue weighted by Crippen LogP contribution is -2.46. The van der Waals surface area contributed by atoms with Gasteiger partial charge in [-0.1, -0.05) is 18.0 Å². The van der Waals surface area contributed by atoms with Crippen LogP contribution in [0.15, 0.2) is 18.2 Å². The number of hydrogen-bond donors (Lipinski definition) is 1. The Balaban J connectivity index is 1.85. The highest BCUT2D eigenvalue weighted by Crippen LogP contribution is 2.21. The lowest BCUT2D eigenvalue weighted by atomic mass is 10.0. The predicted octanol–water partition coefficient (Wildman–Crippen LogP) is 2.97. The van der Waals surface area contributed by atoms with Gasteiger partial charge in [0.25, 0.3) is 0 Å². The monoisotopic (exact) mass is 297 g/mol. The Kier molecular flexibility index (Phi) is 5.26. The first-order chi connectivity index (χ1) is 9.58. The number of likely N-dealkylation sites (tertiary alicyclic amines) is 1. The minimum atomic E-state index is -0.730. The molecule has 1 atom stereocenters. The number of carbonyl (C=O) groups is 1. The Morgan fingerprint density at radius 2 is 2.30 bits per heavy atom. The van der Waals surface area contributed by atoms with Gasteiger partial charge >= 0.3 is 5.97 Å². The summed E-state index contributed by atoms with van der Waals surface area (Å²) in [5.41, 5.74) is 0.977. The third kappa shape index (κ3) is 3.87. The molecule has 1 aromatic rings. The molecule has 1 fully saturated rings. The van der Waals surface area contributed by atoms with E-state index in [1.165, 1.54) is 0 Å². The zero-order valence-corrected chi connectivity index (χ0v) is 12.4. The summed E-state index contributed by atoms with van der Waals surface area (Å²) in [6.07, 6.45) is 2.78. The van der Waals surface area contributed by atoms with Crippen LogP contribution in [0.2, 0.25) is 5.02 Å². The lowest BCUT2D eigenvalue weighted by molar-refractivity contribution is -0.144. The number of aliphatic carboxylic acids is 1. The van der Waals surface area contributed by atoms with Crippen molar-refractivity contribution in [3.8, 4) is 5.75 Å². The van der Waals surface area contributed by atoms with E-state index in [0.29, 0.717) is 13.2 Å². The molecule has 1 heterocycles. The van der Waals surface area contributed by atoms with Crippen molar-refractivity contribution in [2.45, 2.75) is 32.2 Å². The van der Waals surface area contributed by atoms with Gasteiger partial charge in [0, 0.05) is 11.6 Å². The number of piperidine rings is 1. The second-order valence-corrected chi connectivity index (χ2v) is 5.55. The van der Waals surface area contributed by atoms with Crippen LogP contribution < -0.4 is 4.74 Å². The molecule has 0 amide bonds. The van der Waals surface area contributed by atoms with E-state index < -0.39 is 5.97 Å². The minimum Gasteiger partial charge on any atom is -0.492 e. The number of carboxylic acids is 1. The van der Waals surface area contributed by atoms with Crippen molar-refractivity contribution < 1.29 is 14.6 Å². The quantitative estimate of drug-likeness (QED) is 0.908. The highest BCUT2D eigenvalue weighted by atomic mass is 35.5. The minimum absolute atomic E-state index is 0.362. The summed E-state index contributed by atoms with van der Waals surface area (Å²) in [5.74, 6) is 0.0443. The van der Waals surface area contributed by atoms with E-state index in [4.69, 9.17) is 16.3 Å². The number of hydrogen-bond acceptors (Lipinski definition) is 3. The van der Waals surface area contributed by atoms with Crippen molar-refractivity contribution in [3.63, 3.8) is 0 Å². The molecule has 1 aliphatic heterocycles. The van der Waals surface area contributed by atoms with Crippen molar-refractivity contribution in [1.29, 1.82) is 0 Å². The number of aryl methyl sites for hydroxylation is 1. The third-order valence-electron chi connectivity index (χ3n) is 3.68. The molecule has 2 rings (SSSR count). The summed E-state index contributed by atoms with van der Waals surface area (Å²) in [4.78, 5) is 13.2. The molecule has 0 aliphatic carbocycles. The summed E-state index contributed by atoms with van der Waals surface area (Å²) in [5, 5.41) is 9.92. The van der Waals surface area contributed by atoms with Gasteiger partial charge in [0.1, 0.15) is 18.4 Å². The van der Waals surface area contributed by atoms with Crippen LogP contribution in [-0.2, 0) is 4.79 Å². The largest absolute Gasteiger partial charge is 0.492 e. The Hall–Kier alpha value is -1.26. The van der Waals surface area contributed by atoms with Crippen LogP contribution in [0.3, 0.4) is 0 Å². The maximum Gasteiger partial charge on any atom is 0.320 e. The normalized spacial score (nSPS) is 19.8. The van der Waals surface area contributed by atoms with Crippen LogP contribution >= 0.6 is 11.6 Å². The first kappa shape index (κ1) is 15.1. The standard InChI is InChI=1S/C15H20ClNO3/c1-11-10-12(5-6-13(11)16)20-9-8-17-7-3-2-4-14(17)15(18)19/h5-6,10,14H,2-4,7-9H2,1H3,(H,18,19). The molecule has 5 heteroatoms. The molecule has 20 heavy (non-hydrogen) atoms. The number of benzene rings is 1. The molecule has 110 valence electrons. The van der Waals surface area contributed by atoms with Gasteiger partial charge in [-0.15, -0.1) is 0 Å². The Bertz CT molecular complexity index is 478. The van der Waals surface area contributed by atoms with Crippen molar-refractivity contribution >= 4 is 17.6 Å². The van der Waals surface area contributed by atoms with Crippen LogP contribution in [-0.4, -0.2) is 41.7 Å². The first-order valence-corrected chi connectivity index (χ1v) is 7.31. The molecule has 4 nitrogen and oxygen atoms in total. The molecule has 1 aliphatic rings. The Morgan fingerprint density at radius 1 is 1.50 bits per heavy atom. The summed E-state index contributed by atoms with van der Waals surface area (Å²) >= 11 is 5.96. The van der Waals surface area contributed by atoms with E-state index in [-0.39, 0.29) is 6.04 Å². The van der Waals surface area contributed by atoms with E-state index in [1.807, 2.05) is 30.0 Å². The van der Waals surface area contributed by atoms with E-state index >= 15 is 0 Å². The van der Waals surface area contributed by atoms with E-state index in [9.17, 15) is 9.90 Å². The molecule has 0 radical (unpaired) electrons. The fourth-order valence-corrected chi connectivity index (χ4v) is 2.64. The zero-order chi connectivity index (χ0) is 14.5. The average molecular weight is 298 g/mol. The number of halogens is 1. The van der Waals surface area contributed by atoms with Crippen LogP contribution in [0.25, 0.3) is 0 Å². The van der Waals surface area contributed by atoms with Crippen LogP contribution in [0.4, 0.5) is 0 Å². The van der Waals surface area contributed by atoms with Crippen molar-refractivity contribution in [1.82, 2.24) is 4.90 Å². The van der Waals surface area contributed by atoms with Gasteiger partial charge in [-0.05, 0) is 50.1 Å². The maximum atomic E-state index is 11.2. The maximum absolute atomic E-state index is 11.2. The van der Waals surface area contributed by atoms with Crippen molar-refractivity contribution in [2.24, 2.45) is 0 Å². The second kappa shape index (κ2) is 6.95. The number of rotatable bonds is 5. The highest BCUT2D eigenvalue weighted by Gasteiger charge is 2.27. The van der Waals surface area contributed by atoms with Gasteiger partial charge < -0.3 is 9.84 Å². The summed E-state index contributed by atoms with van der Waals surface area (Å²) in [7, 11) is 0. The van der Waals surface area contributed by atoms with Gasteiger partial charge in [0.2, 0.25) is 0 Å². The topological polar surface area (TPSA) is 49.8 Å². The van der Waals surface area contributed by atoms with Crippen molar-refractivity contribution in [2.75, 3.05) is 19.7 Å². The van der Waals surface area contributed by atoms with Gasteiger partial charge in [-0.3, -0.25) is 9.69 Å². The molecule has 0 bridgehead atoms. The first-order valence-electron chi connectivity index (χ1n) is 6.94. The molecular formula is C15H20ClNO3. The summed E-state index contributed by atoms with van der Waals surface area (Å²) < 4.78 is 5.68. The predicted molar refractivity (Wildman–Crippen MR) is 78.5 cm³/mol. The molecular weight excluding hydrogens is 278 g/mol. The van der Waals surface area contributed by atoms with E-state index in [0.717, 1.165) is 42.1 Å². The Labute approximate surface area is 124 Å². The average Bonchev–Trinajstić information content (AvgIpc) is 2.43. The van der Waals surface area contributed by atoms with Crippen LogP contribution in [0, 0.1) is 6.92 Å². The highest BCUT2D eigenvalue weighted by molar-refractivity contribution is 6.31. The molecule has 0 aromatic heterocycles. The molecule has 1 saturated heterocycles. The number of nitrogens with zero attached hydrogens (tertiary/aromatic N) is 1. The zero-order valence-electron chi connectivity index (χ0n) is 11.6. The molecule has 1 aromatic carbocycles. The second-order valence-electron chi connectivity index (χ2n) is 5.15. The smallest absolute Gasteiger partial charge is 0.320 e. The SMILES string of the molecule is Cc1cc(OCCN2CCCCC2C(=O)O)ccc1Cl. The third-order valence-corrected chi connectivity index (χ3v) is 4.10. The van der Waals surface area contributed by atoms with Gasteiger partial charge in [0.15, 0.2) is 0 Å². The summed E-state index contributed by atoms with van der Waals surface area (Å²) in [6.45, 7) is 3.89. The van der Waals surface area contributed by atoms with Crippen molar-refractivity contribution in [3.05, 3.63) is 28.8 Å². The lowest BCUT2D eigenvalue weighted by Gasteiger charge is -2.32. The Morgan fingerprint density at radius 3 is 3.00 bits per heavy atom. The van der Waals surface area contributed by atoms with Gasteiger partial charge in [-0.2, -0.15) is 0 Å². The van der Waals surface area contributed by atoms with E-state index in [2.05, 4.69) is 0 Å². The van der Waals surface area contributed by atoms with Crippen LogP contribution in [0.5, 0.6) is 5.75 Å².